The van der Waals surface area contributed by atoms with E-state index < -0.39 is 10.8 Å². The summed E-state index contributed by atoms with van der Waals surface area (Å²) in [6, 6.07) is 6.18. The van der Waals surface area contributed by atoms with E-state index in [1.165, 1.54) is 18.2 Å². The zero-order chi connectivity index (χ0) is 16.1. The van der Waals surface area contributed by atoms with E-state index in [9.17, 15) is 14.9 Å². The van der Waals surface area contributed by atoms with E-state index in [1.807, 2.05) is 0 Å². The first kappa shape index (κ1) is 15.5. The summed E-state index contributed by atoms with van der Waals surface area (Å²) < 4.78 is 0. The molecule has 0 atom stereocenters. The molecule has 0 bridgehead atoms. The average Bonchev–Trinajstić information content (AvgIpc) is 2.52. The number of non-ortho nitro benzene ring substituents is 1. The number of nitriles is 1. The van der Waals surface area contributed by atoms with E-state index in [2.05, 4.69) is 4.90 Å². The lowest BCUT2D eigenvalue weighted by Gasteiger charge is -2.30. The number of benzene rings is 1. The number of carbonyl (C=O) groups is 1. The fourth-order valence-corrected chi connectivity index (χ4v) is 2.51. The lowest BCUT2D eigenvalue weighted by molar-refractivity contribution is -0.384. The summed E-state index contributed by atoms with van der Waals surface area (Å²) in [7, 11) is 0. The molecule has 2 rings (SSSR count). The Morgan fingerprint density at radius 3 is 2.59 bits per heavy atom. The van der Waals surface area contributed by atoms with Gasteiger partial charge in [0.05, 0.1) is 4.92 Å². The summed E-state index contributed by atoms with van der Waals surface area (Å²) in [4.78, 5) is 23.8. The van der Waals surface area contributed by atoms with E-state index in [0.717, 1.165) is 38.0 Å². The summed E-state index contributed by atoms with van der Waals surface area (Å²) in [5.41, 5.74) is 6.07. The van der Waals surface area contributed by atoms with Gasteiger partial charge >= 0.3 is 0 Å². The number of anilines is 1. The van der Waals surface area contributed by atoms with Crippen molar-refractivity contribution in [1.82, 2.24) is 0 Å². The predicted molar refractivity (Wildman–Crippen MR) is 81.9 cm³/mol. The van der Waals surface area contributed by atoms with Crippen LogP contribution in [0.1, 0.15) is 24.8 Å². The molecule has 1 amide bonds. The molecule has 0 radical (unpaired) electrons. The second kappa shape index (κ2) is 6.72. The van der Waals surface area contributed by atoms with Gasteiger partial charge in [-0.1, -0.05) is 0 Å². The minimum absolute atomic E-state index is 0.0891. The molecular formula is C15H16N4O3. The van der Waals surface area contributed by atoms with Crippen molar-refractivity contribution in [2.75, 3.05) is 18.0 Å². The van der Waals surface area contributed by atoms with Crippen LogP contribution in [0.15, 0.2) is 23.8 Å². The number of nitrogens with zero attached hydrogens (tertiary/aromatic N) is 3. The third-order valence-corrected chi connectivity index (χ3v) is 3.60. The molecule has 1 fully saturated rings. The van der Waals surface area contributed by atoms with E-state index in [0.29, 0.717) is 5.56 Å². The van der Waals surface area contributed by atoms with Gasteiger partial charge in [0, 0.05) is 36.5 Å². The number of rotatable bonds is 4. The molecule has 0 unspecified atom stereocenters. The van der Waals surface area contributed by atoms with Crippen LogP contribution in [-0.4, -0.2) is 23.9 Å². The molecule has 114 valence electrons. The van der Waals surface area contributed by atoms with E-state index >= 15 is 0 Å². The minimum Gasteiger partial charge on any atom is -0.371 e. The van der Waals surface area contributed by atoms with Crippen LogP contribution in [0, 0.1) is 21.4 Å². The number of nitrogens with two attached hydrogens (primary N) is 1. The molecule has 7 heteroatoms. The quantitative estimate of drug-likeness (QED) is 0.395. The second-order valence-electron chi connectivity index (χ2n) is 5.08. The highest BCUT2D eigenvalue weighted by Gasteiger charge is 2.18. The fourth-order valence-electron chi connectivity index (χ4n) is 2.51. The van der Waals surface area contributed by atoms with Gasteiger partial charge in [0.15, 0.2) is 0 Å². The zero-order valence-electron chi connectivity index (χ0n) is 12.0. The Bertz CT molecular complexity index is 670. The molecule has 1 aliphatic heterocycles. The molecule has 7 nitrogen and oxygen atoms in total. The Morgan fingerprint density at radius 1 is 1.36 bits per heavy atom. The monoisotopic (exact) mass is 300 g/mol. The molecule has 22 heavy (non-hydrogen) atoms. The van der Waals surface area contributed by atoms with Crippen molar-refractivity contribution in [2.45, 2.75) is 19.3 Å². The number of hydrogen-bond acceptors (Lipinski definition) is 5. The van der Waals surface area contributed by atoms with Gasteiger partial charge in [-0.3, -0.25) is 14.9 Å². The van der Waals surface area contributed by atoms with Crippen LogP contribution < -0.4 is 10.6 Å². The Balaban J connectivity index is 2.51. The van der Waals surface area contributed by atoms with Crippen LogP contribution in [-0.2, 0) is 4.79 Å². The molecule has 0 saturated carbocycles. The number of primary amides is 1. The summed E-state index contributed by atoms with van der Waals surface area (Å²) in [5, 5.41) is 19.9. The molecule has 1 aromatic carbocycles. The van der Waals surface area contributed by atoms with Gasteiger partial charge in [-0.05, 0) is 31.4 Å². The standard InChI is InChI=1S/C15H16N4O3/c16-10-12(15(17)20)8-11-9-13(19(21)22)4-5-14(11)18-6-2-1-3-7-18/h4-5,8-9H,1-3,6-7H2,(H2,17,20)/b12-8-. The van der Waals surface area contributed by atoms with Crippen molar-refractivity contribution < 1.29 is 9.72 Å². The molecular weight excluding hydrogens is 284 g/mol. The van der Waals surface area contributed by atoms with Crippen LogP contribution in [0.4, 0.5) is 11.4 Å². The molecule has 1 aromatic rings. The van der Waals surface area contributed by atoms with E-state index in [1.54, 1.807) is 12.1 Å². The normalized spacial score (nSPS) is 15.2. The fraction of sp³-hybridized carbons (Fsp3) is 0.333. The number of nitro groups is 1. The van der Waals surface area contributed by atoms with Gasteiger partial charge < -0.3 is 10.6 Å². The lowest BCUT2D eigenvalue weighted by Crippen LogP contribution is -2.30. The highest BCUT2D eigenvalue weighted by molar-refractivity contribution is 6.01. The smallest absolute Gasteiger partial charge is 0.270 e. The summed E-state index contributed by atoms with van der Waals surface area (Å²) in [6.45, 7) is 1.69. The van der Waals surface area contributed by atoms with Crippen molar-refractivity contribution in [3.63, 3.8) is 0 Å². The maximum absolute atomic E-state index is 11.2. The summed E-state index contributed by atoms with van der Waals surface area (Å²) in [5.74, 6) is -0.849. The highest BCUT2D eigenvalue weighted by Crippen LogP contribution is 2.29. The van der Waals surface area contributed by atoms with Crippen molar-refractivity contribution >= 4 is 23.4 Å². The predicted octanol–water partition coefficient (Wildman–Crippen LogP) is 1.98. The molecule has 0 spiro atoms. The van der Waals surface area contributed by atoms with Crippen molar-refractivity contribution in [3.8, 4) is 6.07 Å². The number of hydrogen-bond donors (Lipinski definition) is 1. The van der Waals surface area contributed by atoms with Crippen LogP contribution in [0.3, 0.4) is 0 Å². The van der Waals surface area contributed by atoms with Gasteiger partial charge in [-0.2, -0.15) is 5.26 Å². The average molecular weight is 300 g/mol. The second-order valence-corrected chi connectivity index (χ2v) is 5.08. The number of nitro benzene ring substituents is 1. The maximum atomic E-state index is 11.2. The van der Waals surface area contributed by atoms with Crippen LogP contribution in [0.5, 0.6) is 0 Å². The van der Waals surface area contributed by atoms with Crippen molar-refractivity contribution in [1.29, 1.82) is 5.26 Å². The molecule has 2 N–H and O–H groups in total. The Labute approximate surface area is 127 Å². The topological polar surface area (TPSA) is 113 Å². The SMILES string of the molecule is N#C/C(=C/c1cc([N+](=O)[O-])ccc1N1CCCCC1)C(N)=O. The van der Waals surface area contributed by atoms with Crippen LogP contribution in [0.2, 0.25) is 0 Å². The maximum Gasteiger partial charge on any atom is 0.270 e. The third kappa shape index (κ3) is 3.41. The molecule has 1 heterocycles. The minimum atomic E-state index is -0.849. The number of amides is 1. The molecule has 1 saturated heterocycles. The van der Waals surface area contributed by atoms with Gasteiger partial charge in [0.25, 0.3) is 11.6 Å². The van der Waals surface area contributed by atoms with Crippen molar-refractivity contribution in [2.24, 2.45) is 5.73 Å². The van der Waals surface area contributed by atoms with Gasteiger partial charge in [-0.15, -0.1) is 0 Å². The molecule has 1 aliphatic rings. The largest absolute Gasteiger partial charge is 0.371 e. The van der Waals surface area contributed by atoms with Crippen LogP contribution in [0.25, 0.3) is 6.08 Å². The summed E-state index contributed by atoms with van der Waals surface area (Å²) in [6.07, 6.45) is 4.56. The third-order valence-electron chi connectivity index (χ3n) is 3.60. The Kier molecular flexibility index (Phi) is 4.73. The van der Waals surface area contributed by atoms with Gasteiger partial charge in [0.1, 0.15) is 11.6 Å². The Hall–Kier alpha value is -2.88. The number of carbonyl (C=O) groups excluding carboxylic acids is 1. The van der Waals surface area contributed by atoms with E-state index in [4.69, 9.17) is 11.0 Å². The summed E-state index contributed by atoms with van der Waals surface area (Å²) >= 11 is 0. The van der Waals surface area contributed by atoms with Gasteiger partial charge in [-0.25, -0.2) is 0 Å². The number of piperidine rings is 1. The molecule has 0 aliphatic carbocycles. The van der Waals surface area contributed by atoms with Crippen LogP contribution >= 0.6 is 0 Å². The van der Waals surface area contributed by atoms with E-state index in [-0.39, 0.29) is 11.3 Å². The molecule has 0 aromatic heterocycles. The lowest BCUT2D eigenvalue weighted by atomic mass is 10.0. The zero-order valence-corrected chi connectivity index (χ0v) is 12.0. The highest BCUT2D eigenvalue weighted by atomic mass is 16.6. The van der Waals surface area contributed by atoms with Gasteiger partial charge in [0.2, 0.25) is 0 Å². The Morgan fingerprint density at radius 2 is 2.05 bits per heavy atom. The first-order valence-corrected chi connectivity index (χ1v) is 6.98. The van der Waals surface area contributed by atoms with Crippen molar-refractivity contribution in [3.05, 3.63) is 39.4 Å². The first-order valence-electron chi connectivity index (χ1n) is 6.98. The first-order chi connectivity index (χ1) is 10.5.